The molecular weight excluding hydrogens is 288 g/mol. The number of aromatic nitrogens is 1. The summed E-state index contributed by atoms with van der Waals surface area (Å²) >= 11 is 1.39. The number of hydrogen-bond acceptors (Lipinski definition) is 4. The van der Waals surface area contributed by atoms with Gasteiger partial charge in [0.1, 0.15) is 0 Å². The fraction of sp³-hybridized carbons (Fsp3) is 0.357. The van der Waals surface area contributed by atoms with E-state index in [9.17, 15) is 9.59 Å². The number of hydrogen-bond donors (Lipinski definition) is 3. The maximum Gasteiger partial charge on any atom is 0.319 e. The maximum absolute atomic E-state index is 11.8. The van der Waals surface area contributed by atoms with Crippen LogP contribution in [0.25, 0.3) is 10.2 Å². The zero-order chi connectivity index (χ0) is 15.6. The lowest BCUT2D eigenvalue weighted by Gasteiger charge is -2.20. The summed E-state index contributed by atoms with van der Waals surface area (Å²) in [7, 11) is 0. The average Bonchev–Trinajstić information content (AvgIpc) is 2.66. The van der Waals surface area contributed by atoms with E-state index in [1.54, 1.807) is 12.1 Å². The van der Waals surface area contributed by atoms with E-state index in [-0.39, 0.29) is 17.5 Å². The Balaban J connectivity index is 2.15. The van der Waals surface area contributed by atoms with Gasteiger partial charge in [-0.1, -0.05) is 11.3 Å². The Bertz CT molecular complexity index is 688. The summed E-state index contributed by atoms with van der Waals surface area (Å²) in [6, 6.07) is 5.18. The minimum absolute atomic E-state index is 0.156. The van der Waals surface area contributed by atoms with Gasteiger partial charge in [0.15, 0.2) is 5.13 Å². The van der Waals surface area contributed by atoms with Crippen LogP contribution in [-0.2, 0) is 4.79 Å². The lowest BCUT2D eigenvalue weighted by atomic mass is 10.1. The number of amides is 3. The molecule has 0 aliphatic heterocycles. The smallest absolute Gasteiger partial charge is 0.319 e. The van der Waals surface area contributed by atoms with Crippen molar-refractivity contribution in [1.82, 2.24) is 10.3 Å². The van der Waals surface area contributed by atoms with E-state index in [0.29, 0.717) is 10.8 Å². The van der Waals surface area contributed by atoms with E-state index in [1.807, 2.05) is 26.8 Å². The fourth-order valence-corrected chi connectivity index (χ4v) is 2.60. The van der Waals surface area contributed by atoms with Gasteiger partial charge in [0.05, 0.1) is 10.2 Å². The molecule has 0 aliphatic rings. The van der Waals surface area contributed by atoms with Crippen LogP contribution in [0.5, 0.6) is 0 Å². The van der Waals surface area contributed by atoms with Crippen LogP contribution in [-0.4, -0.2) is 22.5 Å². The first-order chi connectivity index (χ1) is 9.73. The molecule has 3 N–H and O–H groups in total. The molecule has 0 aliphatic carbocycles. The number of rotatable bonds is 2. The Morgan fingerprint density at radius 1 is 1.19 bits per heavy atom. The van der Waals surface area contributed by atoms with Gasteiger partial charge in [0.25, 0.3) is 0 Å². The molecule has 7 heteroatoms. The molecule has 0 saturated heterocycles. The first-order valence-corrected chi connectivity index (χ1v) is 7.32. The number of benzene rings is 1. The van der Waals surface area contributed by atoms with E-state index in [0.717, 1.165) is 10.2 Å². The summed E-state index contributed by atoms with van der Waals surface area (Å²) < 4.78 is 0.945. The van der Waals surface area contributed by atoms with E-state index >= 15 is 0 Å². The third kappa shape index (κ3) is 4.42. The van der Waals surface area contributed by atoms with Gasteiger partial charge >= 0.3 is 6.03 Å². The number of anilines is 2. The van der Waals surface area contributed by atoms with Crippen LogP contribution >= 0.6 is 11.3 Å². The van der Waals surface area contributed by atoms with Gasteiger partial charge < -0.3 is 16.0 Å². The zero-order valence-electron chi connectivity index (χ0n) is 12.4. The average molecular weight is 306 g/mol. The number of urea groups is 1. The molecule has 6 nitrogen and oxygen atoms in total. The highest BCUT2D eigenvalue weighted by molar-refractivity contribution is 7.22. The predicted molar refractivity (Wildman–Crippen MR) is 85.8 cm³/mol. The lowest BCUT2D eigenvalue weighted by molar-refractivity contribution is -0.114. The predicted octanol–water partition coefficient (Wildman–Crippen LogP) is 3.17. The first-order valence-electron chi connectivity index (χ1n) is 6.50. The second kappa shape index (κ2) is 5.69. The fourth-order valence-electron chi connectivity index (χ4n) is 1.71. The highest BCUT2D eigenvalue weighted by atomic mass is 32.1. The van der Waals surface area contributed by atoms with Crippen LogP contribution in [0.1, 0.15) is 27.7 Å². The van der Waals surface area contributed by atoms with Crippen molar-refractivity contribution in [3.8, 4) is 0 Å². The van der Waals surface area contributed by atoms with Crippen molar-refractivity contribution in [1.29, 1.82) is 0 Å². The molecule has 1 heterocycles. The molecule has 0 radical (unpaired) electrons. The monoisotopic (exact) mass is 306 g/mol. The summed E-state index contributed by atoms with van der Waals surface area (Å²) in [6.07, 6.45) is 0. The number of thiazole rings is 1. The topological polar surface area (TPSA) is 83.1 Å². The van der Waals surface area contributed by atoms with Gasteiger partial charge in [0.2, 0.25) is 5.91 Å². The second-order valence-corrected chi connectivity index (χ2v) is 6.74. The number of carbonyl (C=O) groups excluding carboxylic acids is 2. The van der Waals surface area contributed by atoms with Crippen molar-refractivity contribution in [2.45, 2.75) is 33.2 Å². The Hall–Kier alpha value is -2.15. The summed E-state index contributed by atoms with van der Waals surface area (Å²) in [4.78, 5) is 27.2. The molecule has 0 saturated carbocycles. The van der Waals surface area contributed by atoms with E-state index in [1.165, 1.54) is 18.3 Å². The van der Waals surface area contributed by atoms with Crippen LogP contribution < -0.4 is 16.0 Å². The van der Waals surface area contributed by atoms with Gasteiger partial charge in [-0.2, -0.15) is 0 Å². The van der Waals surface area contributed by atoms with Crippen LogP contribution in [0.3, 0.4) is 0 Å². The molecule has 0 unspecified atom stereocenters. The highest BCUT2D eigenvalue weighted by Gasteiger charge is 2.14. The molecule has 112 valence electrons. The molecule has 2 rings (SSSR count). The normalized spacial score (nSPS) is 11.2. The third-order valence-corrected chi connectivity index (χ3v) is 3.37. The third-order valence-electron chi connectivity index (χ3n) is 2.42. The largest absolute Gasteiger partial charge is 0.333 e. The minimum Gasteiger partial charge on any atom is -0.333 e. The molecule has 0 spiro atoms. The van der Waals surface area contributed by atoms with Crippen LogP contribution in [0.4, 0.5) is 15.6 Å². The van der Waals surface area contributed by atoms with Crippen molar-refractivity contribution >= 4 is 44.3 Å². The summed E-state index contributed by atoms with van der Waals surface area (Å²) in [5.41, 5.74) is 1.09. The van der Waals surface area contributed by atoms with Gasteiger partial charge in [0, 0.05) is 18.2 Å². The second-order valence-electron chi connectivity index (χ2n) is 5.71. The summed E-state index contributed by atoms with van der Waals surface area (Å²) in [6.45, 7) is 7.18. The molecule has 2 aromatic rings. The summed E-state index contributed by atoms with van der Waals surface area (Å²) in [5, 5.41) is 8.79. The van der Waals surface area contributed by atoms with Gasteiger partial charge in [-0.05, 0) is 39.0 Å². The Morgan fingerprint density at radius 3 is 2.52 bits per heavy atom. The lowest BCUT2D eigenvalue weighted by Crippen LogP contribution is -2.43. The number of nitrogens with one attached hydrogen (secondary N) is 3. The van der Waals surface area contributed by atoms with Crippen molar-refractivity contribution in [3.05, 3.63) is 18.2 Å². The molecule has 1 aromatic heterocycles. The molecule has 1 aromatic carbocycles. The van der Waals surface area contributed by atoms with Crippen molar-refractivity contribution in [3.63, 3.8) is 0 Å². The van der Waals surface area contributed by atoms with E-state index in [4.69, 9.17) is 0 Å². The standard InChI is InChI=1S/C14H18N4O2S/c1-8(19)15-13-17-10-7-9(5-6-11(10)21-13)16-12(20)18-14(2,3)4/h5-7H,1-4H3,(H,15,17,19)(H2,16,18,20). The quantitative estimate of drug-likeness (QED) is 0.797. The van der Waals surface area contributed by atoms with Crippen molar-refractivity contribution in [2.24, 2.45) is 0 Å². The number of carbonyl (C=O) groups is 2. The van der Waals surface area contributed by atoms with Crippen molar-refractivity contribution < 1.29 is 9.59 Å². The molecule has 21 heavy (non-hydrogen) atoms. The SMILES string of the molecule is CC(=O)Nc1nc2cc(NC(=O)NC(C)(C)C)ccc2s1. The van der Waals surface area contributed by atoms with Crippen LogP contribution in [0, 0.1) is 0 Å². The molecular formula is C14H18N4O2S. The minimum atomic E-state index is -0.298. The Kier molecular flexibility index (Phi) is 4.13. The molecule has 0 atom stereocenters. The molecule has 0 bridgehead atoms. The zero-order valence-corrected chi connectivity index (χ0v) is 13.2. The van der Waals surface area contributed by atoms with Gasteiger partial charge in [-0.15, -0.1) is 0 Å². The number of nitrogens with zero attached hydrogens (tertiary/aromatic N) is 1. The first kappa shape index (κ1) is 15.2. The van der Waals surface area contributed by atoms with E-state index in [2.05, 4.69) is 20.9 Å². The van der Waals surface area contributed by atoms with Gasteiger partial charge in [-0.3, -0.25) is 4.79 Å². The molecule has 0 fully saturated rings. The molecule has 3 amide bonds. The Morgan fingerprint density at radius 2 is 1.90 bits per heavy atom. The van der Waals surface area contributed by atoms with Crippen LogP contribution in [0.15, 0.2) is 18.2 Å². The Labute approximate surface area is 127 Å². The van der Waals surface area contributed by atoms with Crippen LogP contribution in [0.2, 0.25) is 0 Å². The maximum atomic E-state index is 11.8. The summed E-state index contributed by atoms with van der Waals surface area (Å²) in [5.74, 6) is -0.156. The van der Waals surface area contributed by atoms with Crippen molar-refractivity contribution in [2.75, 3.05) is 10.6 Å². The van der Waals surface area contributed by atoms with E-state index < -0.39 is 0 Å². The van der Waals surface area contributed by atoms with Gasteiger partial charge in [-0.25, -0.2) is 9.78 Å². The highest BCUT2D eigenvalue weighted by Crippen LogP contribution is 2.28. The number of fused-ring (bicyclic) bond motifs is 1.